The van der Waals surface area contributed by atoms with Crippen molar-refractivity contribution in [1.82, 2.24) is 0 Å². The van der Waals surface area contributed by atoms with Gasteiger partial charge in [-0.05, 0) is 32.2 Å². The molecule has 0 unspecified atom stereocenters. The van der Waals surface area contributed by atoms with Crippen LogP contribution in [0.3, 0.4) is 0 Å². The lowest BCUT2D eigenvalue weighted by Gasteiger charge is -2.43. The second kappa shape index (κ2) is 8.48. The van der Waals surface area contributed by atoms with Crippen LogP contribution < -0.4 is 10.4 Å². The quantitative estimate of drug-likeness (QED) is 0.541. The third kappa shape index (κ3) is 4.72. The summed E-state index contributed by atoms with van der Waals surface area (Å²) in [6.07, 6.45) is 0.929. The average molecular weight is 417 g/mol. The van der Waals surface area contributed by atoms with Crippen LogP contribution in [0.15, 0.2) is 71.7 Å². The molecule has 0 aliphatic heterocycles. The summed E-state index contributed by atoms with van der Waals surface area (Å²) in [6.45, 7) is 13.9. The Kier molecular flexibility index (Phi) is 6.84. The van der Waals surface area contributed by atoms with Gasteiger partial charge in [0.1, 0.15) is 0 Å². The minimum absolute atomic E-state index is 0.0286. The molecule has 2 aromatic carbocycles. The van der Waals surface area contributed by atoms with Gasteiger partial charge < -0.3 is 4.43 Å². The van der Waals surface area contributed by atoms with Crippen molar-refractivity contribution < 1.29 is 4.43 Å². The maximum Gasteiger partial charge on any atom is 0.261 e. The molecule has 0 N–H and O–H groups in total. The molecule has 0 bridgehead atoms. The fourth-order valence-corrected chi connectivity index (χ4v) is 8.71. The molecule has 0 radical (unpaired) electrons. The number of benzene rings is 2. The summed E-state index contributed by atoms with van der Waals surface area (Å²) in [6, 6.07) is 21.6. The Hall–Kier alpha value is -1.16. The molecule has 134 valence electrons. The van der Waals surface area contributed by atoms with Gasteiger partial charge in [-0.15, -0.1) is 0 Å². The van der Waals surface area contributed by atoms with E-state index in [1.807, 2.05) is 0 Å². The molecule has 1 nitrogen and oxygen atoms in total. The van der Waals surface area contributed by atoms with Gasteiger partial charge in [-0.3, -0.25) is 0 Å². The summed E-state index contributed by atoms with van der Waals surface area (Å²) in [5.41, 5.74) is 0. The standard InChI is InChI=1S/C22H29BrOSi/c1-18(16-19(2)23)17-24-25(22(3,4)5,20-12-8-6-9-13-20)21-14-10-7-11-15-21/h6-15,18H,2,16-17H2,1,3-5H3/t18-/m1/s1. The molecule has 0 saturated heterocycles. The zero-order valence-electron chi connectivity index (χ0n) is 15.8. The normalized spacial score (nSPS) is 13.5. The largest absolute Gasteiger partial charge is 0.407 e. The Morgan fingerprint density at radius 3 is 1.80 bits per heavy atom. The molecule has 2 aromatic rings. The van der Waals surface area contributed by atoms with E-state index in [4.69, 9.17) is 4.43 Å². The van der Waals surface area contributed by atoms with Crippen LogP contribution in [0.5, 0.6) is 0 Å². The summed E-state index contributed by atoms with van der Waals surface area (Å²) in [4.78, 5) is 0. The molecule has 1 atom stereocenters. The number of allylic oxidation sites excluding steroid dienone is 1. The molecule has 0 amide bonds. The molecule has 0 aliphatic carbocycles. The first-order valence-corrected chi connectivity index (χ1v) is 11.6. The first-order chi connectivity index (χ1) is 11.8. The van der Waals surface area contributed by atoms with E-state index >= 15 is 0 Å². The molecule has 0 spiro atoms. The van der Waals surface area contributed by atoms with Gasteiger partial charge in [0.2, 0.25) is 0 Å². The Morgan fingerprint density at radius 1 is 1.00 bits per heavy atom. The van der Waals surface area contributed by atoms with E-state index in [0.717, 1.165) is 17.5 Å². The highest BCUT2D eigenvalue weighted by molar-refractivity contribution is 9.11. The Balaban J connectivity index is 2.51. The Bertz CT molecular complexity index is 637. The van der Waals surface area contributed by atoms with Crippen molar-refractivity contribution in [3.63, 3.8) is 0 Å². The molecule has 25 heavy (non-hydrogen) atoms. The maximum absolute atomic E-state index is 6.91. The van der Waals surface area contributed by atoms with Gasteiger partial charge in [-0.2, -0.15) is 0 Å². The molecule has 0 fully saturated rings. The van der Waals surface area contributed by atoms with Gasteiger partial charge in [0.25, 0.3) is 8.32 Å². The zero-order valence-corrected chi connectivity index (χ0v) is 18.3. The van der Waals surface area contributed by atoms with Crippen LogP contribution in [0.1, 0.15) is 34.1 Å². The summed E-state index contributed by atoms with van der Waals surface area (Å²) in [7, 11) is -2.41. The zero-order chi connectivity index (χ0) is 18.5. The van der Waals surface area contributed by atoms with Crippen molar-refractivity contribution in [2.45, 2.75) is 39.2 Å². The van der Waals surface area contributed by atoms with E-state index in [2.05, 4.69) is 111 Å². The third-order valence-electron chi connectivity index (χ3n) is 4.57. The number of rotatable bonds is 7. The van der Waals surface area contributed by atoms with E-state index < -0.39 is 8.32 Å². The molecule has 0 aliphatic rings. The van der Waals surface area contributed by atoms with Crippen molar-refractivity contribution in [3.8, 4) is 0 Å². The lowest BCUT2D eigenvalue weighted by molar-refractivity contribution is 0.246. The molecule has 0 saturated carbocycles. The van der Waals surface area contributed by atoms with Crippen LogP contribution in [0.25, 0.3) is 0 Å². The predicted molar refractivity (Wildman–Crippen MR) is 115 cm³/mol. The first kappa shape index (κ1) is 20.2. The van der Waals surface area contributed by atoms with Crippen LogP contribution in [-0.4, -0.2) is 14.9 Å². The van der Waals surface area contributed by atoms with E-state index in [1.54, 1.807) is 0 Å². The number of hydrogen-bond donors (Lipinski definition) is 0. The van der Waals surface area contributed by atoms with Crippen LogP contribution in [0, 0.1) is 5.92 Å². The monoisotopic (exact) mass is 416 g/mol. The first-order valence-electron chi connectivity index (χ1n) is 8.85. The summed E-state index contributed by atoms with van der Waals surface area (Å²) >= 11 is 3.49. The number of hydrogen-bond acceptors (Lipinski definition) is 1. The minimum Gasteiger partial charge on any atom is -0.407 e. The van der Waals surface area contributed by atoms with Crippen LogP contribution in [-0.2, 0) is 4.43 Å². The van der Waals surface area contributed by atoms with Crippen molar-refractivity contribution >= 4 is 34.6 Å². The predicted octanol–water partition coefficient (Wildman–Crippen LogP) is 5.50. The van der Waals surface area contributed by atoms with Crippen LogP contribution >= 0.6 is 15.9 Å². The summed E-state index contributed by atoms with van der Waals surface area (Å²) in [5.74, 6) is 0.425. The maximum atomic E-state index is 6.91. The topological polar surface area (TPSA) is 9.23 Å². The fourth-order valence-electron chi connectivity index (χ4n) is 3.47. The highest BCUT2D eigenvalue weighted by atomic mass is 79.9. The van der Waals surface area contributed by atoms with E-state index in [1.165, 1.54) is 10.4 Å². The smallest absolute Gasteiger partial charge is 0.261 e. The fraction of sp³-hybridized carbons (Fsp3) is 0.364. The number of halogens is 1. The second-order valence-corrected chi connectivity index (χ2v) is 13.2. The highest BCUT2D eigenvalue weighted by Crippen LogP contribution is 2.37. The van der Waals surface area contributed by atoms with E-state index in [9.17, 15) is 0 Å². The molecule has 0 heterocycles. The van der Waals surface area contributed by atoms with Gasteiger partial charge in [0.15, 0.2) is 0 Å². The minimum atomic E-state index is -2.41. The summed E-state index contributed by atoms with van der Waals surface area (Å²) in [5, 5.41) is 2.69. The lowest BCUT2D eigenvalue weighted by Crippen LogP contribution is -2.66. The second-order valence-electron chi connectivity index (χ2n) is 7.80. The van der Waals surface area contributed by atoms with Crippen molar-refractivity contribution in [2.75, 3.05) is 6.61 Å². The lowest BCUT2D eigenvalue weighted by atomic mass is 10.1. The third-order valence-corrected chi connectivity index (χ3v) is 9.90. The van der Waals surface area contributed by atoms with Gasteiger partial charge in [0, 0.05) is 6.61 Å². The van der Waals surface area contributed by atoms with Crippen LogP contribution in [0.4, 0.5) is 0 Å². The van der Waals surface area contributed by atoms with Gasteiger partial charge in [-0.1, -0.05) is 111 Å². The van der Waals surface area contributed by atoms with Crippen molar-refractivity contribution in [2.24, 2.45) is 5.92 Å². The molecule has 2 rings (SSSR count). The molecular weight excluding hydrogens is 388 g/mol. The molecule has 3 heteroatoms. The van der Waals surface area contributed by atoms with Gasteiger partial charge in [0.05, 0.1) is 0 Å². The highest BCUT2D eigenvalue weighted by Gasteiger charge is 2.50. The molecular formula is C22H29BrOSi. The summed E-state index contributed by atoms with van der Waals surface area (Å²) < 4.78 is 7.94. The average Bonchev–Trinajstić information content (AvgIpc) is 2.55. The van der Waals surface area contributed by atoms with E-state index in [-0.39, 0.29) is 5.04 Å². The van der Waals surface area contributed by atoms with Gasteiger partial charge >= 0.3 is 0 Å². The van der Waals surface area contributed by atoms with E-state index in [0.29, 0.717) is 5.92 Å². The van der Waals surface area contributed by atoms with Gasteiger partial charge in [-0.25, -0.2) is 0 Å². The Morgan fingerprint density at radius 2 is 1.44 bits per heavy atom. The SMILES string of the molecule is C=C(Br)C[C@@H](C)CO[Si](c1ccccc1)(c1ccccc1)C(C)(C)C. The molecule has 0 aromatic heterocycles. The van der Waals surface area contributed by atoms with Crippen LogP contribution in [0.2, 0.25) is 5.04 Å². The van der Waals surface area contributed by atoms with Crippen molar-refractivity contribution in [1.29, 1.82) is 0 Å². The van der Waals surface area contributed by atoms with Crippen molar-refractivity contribution in [3.05, 3.63) is 71.7 Å². The Labute approximate surface area is 162 Å².